The fourth-order valence-electron chi connectivity index (χ4n) is 7.29. The first-order chi connectivity index (χ1) is 19.2. The third kappa shape index (κ3) is 6.59. The van der Waals surface area contributed by atoms with Gasteiger partial charge in [0.1, 0.15) is 5.76 Å². The third-order valence-electron chi connectivity index (χ3n) is 9.88. The predicted molar refractivity (Wildman–Crippen MR) is 163 cm³/mol. The molecule has 4 unspecified atom stereocenters. The molecule has 6 rings (SSSR count). The van der Waals surface area contributed by atoms with Gasteiger partial charge in [-0.15, -0.1) is 0 Å². The summed E-state index contributed by atoms with van der Waals surface area (Å²) in [6.45, 7) is 2.31. The Kier molecular flexibility index (Phi) is 8.37. The number of allylic oxidation sites excluding steroid dienone is 3. The molecule has 0 spiro atoms. The van der Waals surface area contributed by atoms with Crippen LogP contribution in [0.1, 0.15) is 108 Å². The average Bonchev–Trinajstić information content (AvgIpc) is 3.82. The van der Waals surface area contributed by atoms with Crippen LogP contribution in [0.25, 0.3) is 29.0 Å². The minimum atomic E-state index is -0.0888. The van der Waals surface area contributed by atoms with E-state index in [1.165, 1.54) is 103 Å². The molecule has 0 heterocycles. The van der Waals surface area contributed by atoms with Crippen LogP contribution in [-0.2, 0) is 16.0 Å². The van der Waals surface area contributed by atoms with Crippen LogP contribution in [0.15, 0.2) is 42.2 Å². The van der Waals surface area contributed by atoms with Crippen molar-refractivity contribution >= 4 is 35.0 Å². The SMILES string of the molecule is CCCCCC1CC1CC1CC1CCCCCCCC(=O)OC1=CCc2c(ccc3c4c(ccc23)=CC=C4)=C1. The number of fused-ring (bicyclic) bond motifs is 5. The van der Waals surface area contributed by atoms with Gasteiger partial charge in [-0.25, -0.2) is 0 Å². The van der Waals surface area contributed by atoms with Gasteiger partial charge in [0.15, 0.2) is 0 Å². The first kappa shape index (κ1) is 26.6. The van der Waals surface area contributed by atoms with E-state index in [4.69, 9.17) is 4.74 Å². The fraction of sp³-hybridized carbons (Fsp3) is 0.541. The van der Waals surface area contributed by atoms with Crippen molar-refractivity contribution in [3.63, 3.8) is 0 Å². The summed E-state index contributed by atoms with van der Waals surface area (Å²) in [5, 5.41) is 5.06. The van der Waals surface area contributed by atoms with Gasteiger partial charge in [-0.1, -0.05) is 107 Å². The molecular weight excluding hydrogens is 476 g/mol. The van der Waals surface area contributed by atoms with Crippen molar-refractivity contribution in [2.75, 3.05) is 0 Å². The third-order valence-corrected chi connectivity index (χ3v) is 9.88. The van der Waals surface area contributed by atoms with E-state index in [2.05, 4.69) is 55.5 Å². The minimum absolute atomic E-state index is 0.0888. The maximum Gasteiger partial charge on any atom is 0.311 e. The Morgan fingerprint density at radius 2 is 1.54 bits per heavy atom. The molecule has 2 fully saturated rings. The lowest BCUT2D eigenvalue weighted by Gasteiger charge is -2.14. The molecule has 0 saturated heterocycles. The quantitative estimate of drug-likeness (QED) is 0.173. The lowest BCUT2D eigenvalue weighted by molar-refractivity contribution is -0.138. The molecule has 2 aromatic rings. The number of carbonyl (C=O) groups excluding carboxylic acids is 1. The molecular formula is C37H46O2. The molecule has 0 bridgehead atoms. The summed E-state index contributed by atoms with van der Waals surface area (Å²) < 4.78 is 5.74. The van der Waals surface area contributed by atoms with Gasteiger partial charge in [-0.2, -0.15) is 0 Å². The largest absolute Gasteiger partial charge is 0.427 e. The van der Waals surface area contributed by atoms with Crippen molar-refractivity contribution in [3.8, 4) is 0 Å². The van der Waals surface area contributed by atoms with Crippen LogP contribution < -0.4 is 10.4 Å². The number of ether oxygens (including phenoxy) is 1. The maximum absolute atomic E-state index is 12.5. The van der Waals surface area contributed by atoms with Crippen molar-refractivity contribution in [1.82, 2.24) is 0 Å². The molecule has 2 nitrogen and oxygen atoms in total. The fourth-order valence-corrected chi connectivity index (χ4v) is 7.29. The lowest BCUT2D eigenvalue weighted by atomic mass is 9.94. The van der Waals surface area contributed by atoms with E-state index in [-0.39, 0.29) is 5.97 Å². The molecule has 2 saturated carbocycles. The van der Waals surface area contributed by atoms with Gasteiger partial charge < -0.3 is 4.74 Å². The second kappa shape index (κ2) is 12.3. The maximum atomic E-state index is 12.5. The first-order valence-electron chi connectivity index (χ1n) is 16.0. The molecule has 2 heteroatoms. The van der Waals surface area contributed by atoms with Gasteiger partial charge in [-0.3, -0.25) is 4.79 Å². The van der Waals surface area contributed by atoms with Crippen molar-refractivity contribution in [2.24, 2.45) is 23.7 Å². The Labute approximate surface area is 234 Å². The summed E-state index contributed by atoms with van der Waals surface area (Å²) >= 11 is 0. The molecule has 4 aliphatic carbocycles. The molecule has 0 N–H and O–H groups in total. The van der Waals surface area contributed by atoms with E-state index >= 15 is 0 Å². The highest BCUT2D eigenvalue weighted by atomic mass is 16.5. The number of esters is 1. The summed E-state index contributed by atoms with van der Waals surface area (Å²) in [4.78, 5) is 12.5. The van der Waals surface area contributed by atoms with E-state index in [9.17, 15) is 4.79 Å². The van der Waals surface area contributed by atoms with Crippen LogP contribution in [0.3, 0.4) is 0 Å². The number of benzene rings is 2. The zero-order valence-electron chi connectivity index (χ0n) is 23.9. The second-order valence-electron chi connectivity index (χ2n) is 12.8. The van der Waals surface area contributed by atoms with Gasteiger partial charge in [0.25, 0.3) is 0 Å². The Hall–Kier alpha value is -2.61. The van der Waals surface area contributed by atoms with Crippen LogP contribution in [0.2, 0.25) is 0 Å². The van der Waals surface area contributed by atoms with E-state index < -0.39 is 0 Å². The van der Waals surface area contributed by atoms with Gasteiger partial charge in [-0.05, 0) is 100 Å². The molecule has 39 heavy (non-hydrogen) atoms. The van der Waals surface area contributed by atoms with Crippen LogP contribution in [0.5, 0.6) is 0 Å². The lowest BCUT2D eigenvalue weighted by Crippen LogP contribution is -2.16. The minimum Gasteiger partial charge on any atom is -0.427 e. The summed E-state index contributed by atoms with van der Waals surface area (Å²) in [5.74, 6) is 4.90. The summed E-state index contributed by atoms with van der Waals surface area (Å²) in [5.41, 5.74) is 2.64. The van der Waals surface area contributed by atoms with Gasteiger partial charge >= 0.3 is 5.97 Å². The topological polar surface area (TPSA) is 26.3 Å². The number of unbranched alkanes of at least 4 members (excludes halogenated alkanes) is 6. The molecule has 0 amide bonds. The monoisotopic (exact) mass is 522 g/mol. The number of hydrogen-bond acceptors (Lipinski definition) is 2. The Balaban J connectivity index is 0.848. The summed E-state index contributed by atoms with van der Waals surface area (Å²) in [6, 6.07) is 8.82. The number of carbonyl (C=O) groups is 1. The highest BCUT2D eigenvalue weighted by Gasteiger charge is 2.44. The van der Waals surface area contributed by atoms with Crippen LogP contribution in [0.4, 0.5) is 0 Å². The molecule has 4 aliphatic rings. The van der Waals surface area contributed by atoms with E-state index in [1.54, 1.807) is 0 Å². The van der Waals surface area contributed by atoms with E-state index in [1.807, 2.05) is 6.08 Å². The predicted octanol–water partition coefficient (Wildman–Crippen LogP) is 8.38. The van der Waals surface area contributed by atoms with Crippen LogP contribution in [0, 0.1) is 23.7 Å². The van der Waals surface area contributed by atoms with Crippen LogP contribution in [-0.4, -0.2) is 5.97 Å². The normalized spacial score (nSPS) is 24.0. The van der Waals surface area contributed by atoms with E-state index in [0.29, 0.717) is 12.2 Å². The molecule has 2 aromatic carbocycles. The zero-order valence-corrected chi connectivity index (χ0v) is 23.9. The van der Waals surface area contributed by atoms with E-state index in [0.717, 1.165) is 42.9 Å². The van der Waals surface area contributed by atoms with Gasteiger partial charge in [0, 0.05) is 6.42 Å². The summed E-state index contributed by atoms with van der Waals surface area (Å²) in [7, 11) is 0. The van der Waals surface area contributed by atoms with Crippen molar-refractivity contribution in [2.45, 2.75) is 103 Å². The second-order valence-corrected chi connectivity index (χ2v) is 12.8. The highest BCUT2D eigenvalue weighted by molar-refractivity contribution is 5.96. The Morgan fingerprint density at radius 3 is 2.36 bits per heavy atom. The standard InChI is InChI=1S/C37H46O2/c1-2-3-7-11-27-22-30(27)24-31-23-28(31)12-8-5-4-6-9-15-37(38)39-32-18-21-34-29(25-32)17-20-35-33-14-10-13-26(33)16-19-36(34)35/h10,13-14,16-20,25,27-28,30-31H,2-9,11-12,15,21-24H2,1H3. The Morgan fingerprint density at radius 1 is 0.821 bits per heavy atom. The molecule has 4 atom stereocenters. The van der Waals surface area contributed by atoms with Gasteiger partial charge in [0.2, 0.25) is 0 Å². The average molecular weight is 523 g/mol. The zero-order chi connectivity index (χ0) is 26.6. The van der Waals surface area contributed by atoms with Crippen molar-refractivity contribution in [1.29, 1.82) is 0 Å². The molecule has 0 radical (unpaired) electrons. The van der Waals surface area contributed by atoms with Crippen LogP contribution >= 0.6 is 0 Å². The molecule has 0 aliphatic heterocycles. The van der Waals surface area contributed by atoms with Gasteiger partial charge in [0.05, 0.1) is 0 Å². The smallest absolute Gasteiger partial charge is 0.311 e. The van der Waals surface area contributed by atoms with Crippen molar-refractivity contribution < 1.29 is 9.53 Å². The number of hydrogen-bond donors (Lipinski definition) is 0. The first-order valence-corrected chi connectivity index (χ1v) is 16.0. The molecule has 0 aromatic heterocycles. The Bertz CT molecular complexity index is 1380. The van der Waals surface area contributed by atoms with Crippen molar-refractivity contribution in [3.05, 3.63) is 63.7 Å². The highest BCUT2D eigenvalue weighted by Crippen LogP contribution is 2.54. The number of rotatable bonds is 15. The summed E-state index contributed by atoms with van der Waals surface area (Å²) in [6.07, 6.45) is 29.7. The molecule has 206 valence electrons.